The molecule has 1 fully saturated rings. The number of azide groups is 1. The number of carboxylic acid groups (broad SMARTS) is 1. The Labute approximate surface area is 163 Å². The van der Waals surface area contributed by atoms with E-state index in [2.05, 4.69) is 10.0 Å². The Bertz CT molecular complexity index is 744. The molecule has 0 unspecified atom stereocenters. The van der Waals surface area contributed by atoms with Gasteiger partial charge in [0.2, 0.25) is 0 Å². The predicted molar refractivity (Wildman–Crippen MR) is 87.7 cm³/mol. The summed E-state index contributed by atoms with van der Waals surface area (Å²) in [6.45, 7) is 3.27. The van der Waals surface area contributed by atoms with Gasteiger partial charge >= 0.3 is 29.8 Å². The van der Waals surface area contributed by atoms with Crippen LogP contribution >= 0.6 is 0 Å². The van der Waals surface area contributed by atoms with Crippen LogP contribution in [0, 0.1) is 0 Å². The van der Waals surface area contributed by atoms with Crippen LogP contribution in [0.3, 0.4) is 0 Å². The predicted octanol–water partition coefficient (Wildman–Crippen LogP) is -0.165. The Morgan fingerprint density at radius 3 is 1.90 bits per heavy atom. The first-order valence-corrected chi connectivity index (χ1v) is 8.07. The topological polar surface area (TPSA) is 200 Å². The van der Waals surface area contributed by atoms with Crippen molar-refractivity contribution in [3.8, 4) is 0 Å². The van der Waals surface area contributed by atoms with E-state index in [-0.39, 0.29) is 0 Å². The number of carbonyl (C=O) groups is 5. The minimum Gasteiger partial charge on any atom is -0.479 e. The molecule has 0 saturated carbocycles. The van der Waals surface area contributed by atoms with E-state index in [0.717, 1.165) is 27.7 Å². The lowest BCUT2D eigenvalue weighted by Gasteiger charge is -2.47. The van der Waals surface area contributed by atoms with E-state index in [4.69, 9.17) is 29.2 Å². The van der Waals surface area contributed by atoms with E-state index in [0.29, 0.717) is 0 Å². The van der Waals surface area contributed by atoms with Crippen LogP contribution in [0.4, 0.5) is 0 Å². The highest BCUT2D eigenvalue weighted by molar-refractivity contribution is 5.80. The maximum atomic E-state index is 12.0. The van der Waals surface area contributed by atoms with Gasteiger partial charge in [0.15, 0.2) is 18.3 Å². The van der Waals surface area contributed by atoms with Crippen LogP contribution in [-0.2, 0) is 47.7 Å². The van der Waals surface area contributed by atoms with Gasteiger partial charge in [0.05, 0.1) is 0 Å². The third kappa shape index (κ3) is 5.80. The smallest absolute Gasteiger partial charge is 0.346 e. The molecular formula is C15H19N3O11. The molecule has 1 saturated heterocycles. The molecule has 0 aromatic heterocycles. The summed E-state index contributed by atoms with van der Waals surface area (Å²) in [6.07, 6.45) is -6.92. The van der Waals surface area contributed by atoms with Crippen molar-refractivity contribution in [2.45, 2.75) is 57.8 Å². The largest absolute Gasteiger partial charge is 0.479 e. The fourth-order valence-corrected chi connectivity index (χ4v) is 2.64. The van der Waals surface area contributed by atoms with E-state index < -0.39 is 66.6 Å². The number of carboxylic acids is 1. The van der Waals surface area contributed by atoms with Gasteiger partial charge in [-0.25, -0.2) is 4.79 Å². The SMILES string of the molecule is CC(=O)OC[C@H]1O[C@@](N=[N+]=[N-])(C(=O)O)[C@H](OC(C)=O)[C@@H](OC(C)=O)[C@H]1OC(C)=O. The molecule has 29 heavy (non-hydrogen) atoms. The zero-order valence-corrected chi connectivity index (χ0v) is 15.9. The van der Waals surface area contributed by atoms with Crippen molar-refractivity contribution in [2.24, 2.45) is 5.11 Å². The number of hydrogen-bond donors (Lipinski definition) is 1. The van der Waals surface area contributed by atoms with E-state index in [1.54, 1.807) is 0 Å². The molecule has 1 N–H and O–H groups in total. The first kappa shape index (κ1) is 23.7. The molecule has 160 valence electrons. The lowest BCUT2D eigenvalue weighted by molar-refractivity contribution is -0.282. The molecule has 14 heteroatoms. The Balaban J connectivity index is 3.64. The van der Waals surface area contributed by atoms with Crippen molar-refractivity contribution < 1.29 is 52.8 Å². The molecule has 0 radical (unpaired) electrons. The molecule has 0 amide bonds. The van der Waals surface area contributed by atoms with Gasteiger partial charge in [0.25, 0.3) is 5.72 Å². The van der Waals surface area contributed by atoms with E-state index in [9.17, 15) is 29.1 Å². The van der Waals surface area contributed by atoms with Crippen LogP contribution in [0.15, 0.2) is 5.11 Å². The molecular weight excluding hydrogens is 398 g/mol. The molecule has 0 aromatic carbocycles. The first-order chi connectivity index (χ1) is 13.4. The van der Waals surface area contributed by atoms with Gasteiger partial charge in [0, 0.05) is 32.6 Å². The Hall–Kier alpha value is -3.38. The van der Waals surface area contributed by atoms with Crippen molar-refractivity contribution in [3.63, 3.8) is 0 Å². The Morgan fingerprint density at radius 2 is 1.48 bits per heavy atom. The average molecular weight is 417 g/mol. The summed E-state index contributed by atoms with van der Waals surface area (Å²) in [6, 6.07) is 0. The van der Waals surface area contributed by atoms with Gasteiger partial charge in [-0.1, -0.05) is 0 Å². The van der Waals surface area contributed by atoms with Crippen molar-refractivity contribution >= 4 is 29.8 Å². The lowest BCUT2D eigenvalue weighted by atomic mass is 9.90. The zero-order valence-electron chi connectivity index (χ0n) is 15.9. The number of nitrogens with zero attached hydrogens (tertiary/aromatic N) is 3. The second kappa shape index (κ2) is 9.71. The van der Waals surface area contributed by atoms with Gasteiger partial charge in [0.1, 0.15) is 12.7 Å². The normalized spacial score (nSPS) is 28.3. The van der Waals surface area contributed by atoms with Crippen LogP contribution in [-0.4, -0.2) is 71.7 Å². The van der Waals surface area contributed by atoms with Gasteiger partial charge in [-0.2, -0.15) is 0 Å². The second-order valence-corrected chi connectivity index (χ2v) is 5.83. The van der Waals surface area contributed by atoms with Crippen LogP contribution in [0.25, 0.3) is 10.4 Å². The number of rotatable bonds is 7. The van der Waals surface area contributed by atoms with Gasteiger partial charge < -0.3 is 28.8 Å². The number of carbonyl (C=O) groups excluding carboxylic acids is 4. The van der Waals surface area contributed by atoms with Gasteiger partial charge in [-0.15, -0.1) is 0 Å². The van der Waals surface area contributed by atoms with E-state index in [1.165, 1.54) is 0 Å². The zero-order chi connectivity index (χ0) is 22.4. The molecule has 1 aliphatic rings. The maximum Gasteiger partial charge on any atom is 0.346 e. The summed E-state index contributed by atoms with van der Waals surface area (Å²) in [5.41, 5.74) is 5.95. The first-order valence-electron chi connectivity index (χ1n) is 8.07. The third-order valence-electron chi connectivity index (χ3n) is 3.55. The summed E-state index contributed by atoms with van der Waals surface area (Å²) < 4.78 is 25.1. The highest BCUT2D eigenvalue weighted by Gasteiger charge is 2.64. The van der Waals surface area contributed by atoms with Gasteiger partial charge in [-0.3, -0.25) is 19.2 Å². The Morgan fingerprint density at radius 1 is 0.966 bits per heavy atom. The van der Waals surface area contributed by atoms with Crippen molar-refractivity contribution in [2.75, 3.05) is 6.61 Å². The minimum absolute atomic E-state index is 0.659. The molecule has 0 spiro atoms. The average Bonchev–Trinajstić information content (AvgIpc) is 2.57. The Kier molecular flexibility index (Phi) is 7.92. The quantitative estimate of drug-likeness (QED) is 0.189. The number of hydrogen-bond acceptors (Lipinski definition) is 11. The van der Waals surface area contributed by atoms with E-state index in [1.807, 2.05) is 0 Å². The maximum absolute atomic E-state index is 12.0. The highest BCUT2D eigenvalue weighted by atomic mass is 16.7. The van der Waals surface area contributed by atoms with Gasteiger partial charge in [-0.05, 0) is 10.6 Å². The molecule has 5 atom stereocenters. The fraction of sp³-hybridized carbons (Fsp3) is 0.667. The van der Waals surface area contributed by atoms with Crippen LogP contribution < -0.4 is 0 Å². The number of esters is 4. The molecule has 0 aliphatic carbocycles. The summed E-state index contributed by atoms with van der Waals surface area (Å²) in [4.78, 5) is 60.3. The van der Waals surface area contributed by atoms with Crippen molar-refractivity contribution in [1.82, 2.24) is 0 Å². The molecule has 1 rings (SSSR count). The molecule has 1 aliphatic heterocycles. The lowest BCUT2D eigenvalue weighted by Crippen LogP contribution is -2.69. The fourth-order valence-electron chi connectivity index (χ4n) is 2.64. The minimum atomic E-state index is -2.91. The summed E-state index contributed by atoms with van der Waals surface area (Å²) in [7, 11) is 0. The van der Waals surface area contributed by atoms with E-state index >= 15 is 0 Å². The monoisotopic (exact) mass is 417 g/mol. The van der Waals surface area contributed by atoms with Crippen molar-refractivity contribution in [1.29, 1.82) is 0 Å². The summed E-state index contributed by atoms with van der Waals surface area (Å²) in [5.74, 6) is -5.57. The summed E-state index contributed by atoms with van der Waals surface area (Å²) >= 11 is 0. The third-order valence-corrected chi connectivity index (χ3v) is 3.55. The van der Waals surface area contributed by atoms with Crippen LogP contribution in [0.5, 0.6) is 0 Å². The molecule has 14 nitrogen and oxygen atoms in total. The molecule has 1 heterocycles. The highest BCUT2D eigenvalue weighted by Crippen LogP contribution is 2.37. The molecule has 0 aromatic rings. The second-order valence-electron chi connectivity index (χ2n) is 5.83. The number of ether oxygens (including phenoxy) is 5. The van der Waals surface area contributed by atoms with Crippen LogP contribution in [0.2, 0.25) is 0 Å². The summed E-state index contributed by atoms with van der Waals surface area (Å²) in [5, 5.41) is 12.8. The molecule has 0 bridgehead atoms. The standard InChI is InChI=1S/C15H19N3O11/c1-6(19)25-5-10-11(26-7(2)20)12(27-8(3)21)13(28-9(4)22)15(29-10,14(23)24)17-18-16/h10-13H,5H2,1-4H3,(H,23,24)/t10-,11+,12+,13-,15-/m1/s1. The van der Waals surface area contributed by atoms with Crippen LogP contribution in [0.1, 0.15) is 27.7 Å². The van der Waals surface area contributed by atoms with Crippen molar-refractivity contribution in [3.05, 3.63) is 10.4 Å². The number of aliphatic carboxylic acids is 1.